The molecule has 0 aromatic heterocycles. The number of carbonyl (C=O) groups is 2. The zero-order chi connectivity index (χ0) is 13.6. The number of rotatable bonds is 7. The van der Waals surface area contributed by atoms with Gasteiger partial charge in [0.2, 0.25) is 11.8 Å². The second-order valence-electron chi connectivity index (χ2n) is 5.01. The van der Waals surface area contributed by atoms with Gasteiger partial charge in [-0.15, -0.1) is 0 Å². The third kappa shape index (κ3) is 5.68. The fourth-order valence-electron chi connectivity index (χ4n) is 1.60. The van der Waals surface area contributed by atoms with Crippen LogP contribution < -0.4 is 16.8 Å². The van der Waals surface area contributed by atoms with E-state index in [0.717, 1.165) is 6.42 Å². The molecule has 0 spiro atoms. The molecule has 0 aliphatic heterocycles. The monoisotopic (exact) mass is 243 g/mol. The average molecular weight is 243 g/mol. The van der Waals surface area contributed by atoms with E-state index in [9.17, 15) is 9.59 Å². The first-order valence-corrected chi connectivity index (χ1v) is 6.14. The Bertz CT molecular complexity index is 266. The SMILES string of the molecule is CC[C@H](C)[C@H](NC(=O)[C@@H](N)CC(C)C)C(N)=O. The Morgan fingerprint density at radius 1 is 1.24 bits per heavy atom. The van der Waals surface area contributed by atoms with Gasteiger partial charge >= 0.3 is 0 Å². The first-order valence-electron chi connectivity index (χ1n) is 6.14. The first-order chi connectivity index (χ1) is 7.79. The van der Waals surface area contributed by atoms with E-state index < -0.39 is 18.0 Å². The molecule has 0 aliphatic rings. The highest BCUT2D eigenvalue weighted by Gasteiger charge is 2.26. The lowest BCUT2D eigenvalue weighted by Gasteiger charge is -2.23. The van der Waals surface area contributed by atoms with Gasteiger partial charge in [0.05, 0.1) is 6.04 Å². The highest BCUT2D eigenvalue weighted by molar-refractivity contribution is 5.89. The minimum atomic E-state index is -0.634. The zero-order valence-electron chi connectivity index (χ0n) is 11.2. The molecule has 0 saturated heterocycles. The molecule has 0 aromatic rings. The van der Waals surface area contributed by atoms with Crippen LogP contribution in [0.25, 0.3) is 0 Å². The highest BCUT2D eigenvalue weighted by Crippen LogP contribution is 2.08. The number of hydrogen-bond donors (Lipinski definition) is 3. The third-order valence-corrected chi connectivity index (χ3v) is 2.88. The third-order valence-electron chi connectivity index (χ3n) is 2.88. The summed E-state index contributed by atoms with van der Waals surface area (Å²) in [6, 6.07) is -1.22. The van der Waals surface area contributed by atoms with Crippen molar-refractivity contribution in [3.8, 4) is 0 Å². The molecule has 0 aliphatic carbocycles. The van der Waals surface area contributed by atoms with Crippen LogP contribution in [-0.4, -0.2) is 23.9 Å². The van der Waals surface area contributed by atoms with Crippen LogP contribution in [0.2, 0.25) is 0 Å². The average Bonchev–Trinajstić information content (AvgIpc) is 2.22. The summed E-state index contributed by atoms with van der Waals surface area (Å²) >= 11 is 0. The maximum atomic E-state index is 11.8. The Balaban J connectivity index is 4.45. The molecular weight excluding hydrogens is 218 g/mol. The second-order valence-corrected chi connectivity index (χ2v) is 5.01. The summed E-state index contributed by atoms with van der Waals surface area (Å²) in [6.45, 7) is 7.81. The molecule has 5 heteroatoms. The van der Waals surface area contributed by atoms with Gasteiger partial charge in [-0.3, -0.25) is 9.59 Å². The standard InChI is InChI=1S/C12H25N3O2/c1-5-8(4)10(11(14)16)15-12(17)9(13)6-7(2)3/h7-10H,5-6,13H2,1-4H3,(H2,14,16)(H,15,17)/t8-,9-,10-/m0/s1. The van der Waals surface area contributed by atoms with E-state index >= 15 is 0 Å². The predicted molar refractivity (Wildman–Crippen MR) is 68.0 cm³/mol. The van der Waals surface area contributed by atoms with Crippen LogP contribution in [0.3, 0.4) is 0 Å². The van der Waals surface area contributed by atoms with E-state index in [0.29, 0.717) is 12.3 Å². The molecule has 5 N–H and O–H groups in total. The van der Waals surface area contributed by atoms with Gasteiger partial charge in [-0.25, -0.2) is 0 Å². The van der Waals surface area contributed by atoms with Crippen molar-refractivity contribution >= 4 is 11.8 Å². The molecule has 5 nitrogen and oxygen atoms in total. The van der Waals surface area contributed by atoms with Gasteiger partial charge in [0, 0.05) is 0 Å². The molecule has 0 bridgehead atoms. The summed E-state index contributed by atoms with van der Waals surface area (Å²) < 4.78 is 0. The van der Waals surface area contributed by atoms with Crippen LogP contribution >= 0.6 is 0 Å². The Hall–Kier alpha value is -1.10. The topological polar surface area (TPSA) is 98.2 Å². The van der Waals surface area contributed by atoms with Gasteiger partial charge in [0.25, 0.3) is 0 Å². The summed E-state index contributed by atoms with van der Waals surface area (Å²) in [4.78, 5) is 23.0. The summed E-state index contributed by atoms with van der Waals surface area (Å²) in [5, 5.41) is 2.63. The Kier molecular flexibility index (Phi) is 6.80. The number of nitrogens with two attached hydrogens (primary N) is 2. The fraction of sp³-hybridized carbons (Fsp3) is 0.833. The van der Waals surface area contributed by atoms with Gasteiger partial charge in [0.1, 0.15) is 6.04 Å². The van der Waals surface area contributed by atoms with Crippen LogP contribution in [0.1, 0.15) is 40.5 Å². The van der Waals surface area contributed by atoms with E-state index in [2.05, 4.69) is 5.32 Å². The zero-order valence-corrected chi connectivity index (χ0v) is 11.2. The molecule has 0 fully saturated rings. The molecule has 2 amide bonds. The molecule has 0 aromatic carbocycles. The minimum absolute atomic E-state index is 0.0164. The number of carbonyl (C=O) groups excluding carboxylic acids is 2. The fourth-order valence-corrected chi connectivity index (χ4v) is 1.60. The second kappa shape index (κ2) is 7.27. The van der Waals surface area contributed by atoms with Crippen molar-refractivity contribution in [1.82, 2.24) is 5.32 Å². The number of nitrogens with one attached hydrogen (secondary N) is 1. The summed E-state index contributed by atoms with van der Waals surface area (Å²) in [7, 11) is 0. The van der Waals surface area contributed by atoms with Gasteiger partial charge in [-0.2, -0.15) is 0 Å². The van der Waals surface area contributed by atoms with Crippen molar-refractivity contribution in [2.75, 3.05) is 0 Å². The summed E-state index contributed by atoms with van der Waals surface area (Å²) in [5.74, 6) is -0.457. The summed E-state index contributed by atoms with van der Waals surface area (Å²) in [5.41, 5.74) is 11.0. The van der Waals surface area contributed by atoms with E-state index in [-0.39, 0.29) is 11.8 Å². The van der Waals surface area contributed by atoms with Crippen molar-refractivity contribution in [2.24, 2.45) is 23.3 Å². The lowest BCUT2D eigenvalue weighted by Crippen LogP contribution is -2.53. The Labute approximate surface area is 103 Å². The van der Waals surface area contributed by atoms with Crippen LogP contribution in [0.4, 0.5) is 0 Å². The van der Waals surface area contributed by atoms with E-state index in [1.54, 1.807) is 0 Å². The van der Waals surface area contributed by atoms with Crippen LogP contribution in [0, 0.1) is 11.8 Å². The molecule has 0 rings (SSSR count). The van der Waals surface area contributed by atoms with E-state index in [1.807, 2.05) is 27.7 Å². The number of primary amides is 1. The van der Waals surface area contributed by atoms with E-state index in [1.165, 1.54) is 0 Å². The Morgan fingerprint density at radius 3 is 2.12 bits per heavy atom. The van der Waals surface area contributed by atoms with Gasteiger partial charge in [0.15, 0.2) is 0 Å². The number of amides is 2. The van der Waals surface area contributed by atoms with Crippen LogP contribution in [-0.2, 0) is 9.59 Å². The maximum absolute atomic E-state index is 11.8. The lowest BCUT2D eigenvalue weighted by molar-refractivity contribution is -0.129. The molecule has 3 atom stereocenters. The van der Waals surface area contributed by atoms with Crippen molar-refractivity contribution < 1.29 is 9.59 Å². The maximum Gasteiger partial charge on any atom is 0.240 e. The lowest BCUT2D eigenvalue weighted by atomic mass is 9.97. The molecule has 0 heterocycles. The number of hydrogen-bond acceptors (Lipinski definition) is 3. The molecule has 0 saturated carbocycles. The highest BCUT2D eigenvalue weighted by atomic mass is 16.2. The molecule has 0 radical (unpaired) electrons. The van der Waals surface area contributed by atoms with Crippen LogP contribution in [0.5, 0.6) is 0 Å². The summed E-state index contributed by atoms with van der Waals surface area (Å²) in [6.07, 6.45) is 1.37. The Morgan fingerprint density at radius 2 is 1.76 bits per heavy atom. The first kappa shape index (κ1) is 15.9. The molecule has 100 valence electrons. The molecular formula is C12H25N3O2. The van der Waals surface area contributed by atoms with Crippen molar-refractivity contribution in [3.05, 3.63) is 0 Å². The van der Waals surface area contributed by atoms with E-state index in [4.69, 9.17) is 11.5 Å². The van der Waals surface area contributed by atoms with Crippen molar-refractivity contribution in [2.45, 2.75) is 52.6 Å². The largest absolute Gasteiger partial charge is 0.368 e. The minimum Gasteiger partial charge on any atom is -0.368 e. The smallest absolute Gasteiger partial charge is 0.240 e. The van der Waals surface area contributed by atoms with Gasteiger partial charge < -0.3 is 16.8 Å². The van der Waals surface area contributed by atoms with Crippen LogP contribution in [0.15, 0.2) is 0 Å². The molecule has 17 heavy (non-hydrogen) atoms. The predicted octanol–water partition coefficient (Wildman–Crippen LogP) is 0.376. The van der Waals surface area contributed by atoms with Crippen molar-refractivity contribution in [3.63, 3.8) is 0 Å². The molecule has 0 unspecified atom stereocenters. The normalized spacial score (nSPS) is 16.4. The quantitative estimate of drug-likeness (QED) is 0.602. The van der Waals surface area contributed by atoms with Gasteiger partial charge in [-0.1, -0.05) is 34.1 Å². The van der Waals surface area contributed by atoms with Crippen molar-refractivity contribution in [1.29, 1.82) is 0 Å². The van der Waals surface area contributed by atoms with Gasteiger partial charge in [-0.05, 0) is 18.3 Å².